The van der Waals surface area contributed by atoms with Gasteiger partial charge in [-0.2, -0.15) is 4.80 Å². The molecule has 2 heterocycles. The highest BCUT2D eigenvalue weighted by Gasteiger charge is 2.34. The molecule has 2 amide bonds. The zero-order valence-corrected chi connectivity index (χ0v) is 21.6. The second kappa shape index (κ2) is 11.9. The average molecular weight is 563 g/mol. The first kappa shape index (κ1) is 26.8. The molecule has 5 aromatic rings. The Kier molecular flexibility index (Phi) is 7.97. The van der Waals surface area contributed by atoms with Crippen molar-refractivity contribution in [3.05, 3.63) is 118 Å². The number of benzene rings is 3. The van der Waals surface area contributed by atoms with Gasteiger partial charge in [-0.1, -0.05) is 18.2 Å². The van der Waals surface area contributed by atoms with Gasteiger partial charge in [0.25, 0.3) is 5.91 Å². The van der Waals surface area contributed by atoms with E-state index >= 15 is 0 Å². The first-order valence-corrected chi connectivity index (χ1v) is 12.9. The van der Waals surface area contributed by atoms with Gasteiger partial charge in [0.05, 0.1) is 0 Å². The smallest absolute Gasteiger partial charge is 0.251 e. The van der Waals surface area contributed by atoms with Gasteiger partial charge < -0.3 is 5.32 Å². The van der Waals surface area contributed by atoms with Crippen molar-refractivity contribution in [1.82, 2.24) is 25.5 Å². The van der Waals surface area contributed by atoms with Crippen LogP contribution in [-0.4, -0.2) is 32.0 Å². The summed E-state index contributed by atoms with van der Waals surface area (Å²) in [5.41, 5.74) is 1.45. The summed E-state index contributed by atoms with van der Waals surface area (Å²) in [6.07, 6.45) is 0. The fourth-order valence-corrected chi connectivity index (χ4v) is 4.78. The fourth-order valence-electron chi connectivity index (χ4n) is 3.97. The lowest BCUT2D eigenvalue weighted by molar-refractivity contribution is -0.127. The van der Waals surface area contributed by atoms with E-state index in [9.17, 15) is 22.8 Å². The predicted molar refractivity (Wildman–Crippen MR) is 142 cm³/mol. The Hall–Kier alpha value is -4.84. The lowest BCUT2D eigenvalue weighted by atomic mass is 10.1. The van der Waals surface area contributed by atoms with Gasteiger partial charge >= 0.3 is 0 Å². The third-order valence-corrected chi connectivity index (χ3v) is 6.83. The molecule has 0 unspecified atom stereocenters. The number of hydrogen-bond donors (Lipinski definition) is 1. The summed E-state index contributed by atoms with van der Waals surface area (Å²) in [7, 11) is 0. The van der Waals surface area contributed by atoms with Crippen LogP contribution in [0.15, 0.2) is 90.3 Å². The molecule has 8 nitrogen and oxygen atoms in total. The molecule has 0 saturated heterocycles. The number of tetrazole rings is 1. The second-order valence-electron chi connectivity index (χ2n) is 8.65. The first-order chi connectivity index (χ1) is 19.4. The van der Waals surface area contributed by atoms with Crippen LogP contribution in [0.4, 0.5) is 18.9 Å². The van der Waals surface area contributed by atoms with Gasteiger partial charge in [0.15, 0.2) is 0 Å². The Bertz CT molecular complexity index is 1590. The number of thiophene rings is 1. The van der Waals surface area contributed by atoms with E-state index in [2.05, 4.69) is 20.7 Å². The molecule has 2 aromatic heterocycles. The number of carbonyl (C=O) groups is 2. The van der Waals surface area contributed by atoms with Crippen molar-refractivity contribution < 1.29 is 22.8 Å². The Morgan fingerprint density at radius 3 is 2.12 bits per heavy atom. The fraction of sp³-hybridized carbons (Fsp3) is 0.107. The Morgan fingerprint density at radius 2 is 1.50 bits per heavy atom. The maximum atomic E-state index is 13.8. The molecule has 0 fully saturated rings. The van der Waals surface area contributed by atoms with Gasteiger partial charge in [-0.3, -0.25) is 14.5 Å². The Balaban J connectivity index is 1.44. The van der Waals surface area contributed by atoms with E-state index in [-0.39, 0.29) is 18.1 Å². The number of carbonyl (C=O) groups excluding carboxylic acids is 2. The molecule has 0 aliphatic carbocycles. The average Bonchev–Trinajstić information content (AvgIpc) is 3.65. The molecular weight excluding hydrogens is 541 g/mol. The van der Waals surface area contributed by atoms with E-state index in [1.165, 1.54) is 76.9 Å². The maximum absolute atomic E-state index is 13.8. The largest absolute Gasteiger partial charge is 0.350 e. The number of rotatable bonds is 9. The van der Waals surface area contributed by atoms with E-state index in [1.54, 1.807) is 29.6 Å². The van der Waals surface area contributed by atoms with Crippen LogP contribution < -0.4 is 10.2 Å². The molecule has 0 spiro atoms. The van der Waals surface area contributed by atoms with E-state index in [1.807, 2.05) is 0 Å². The molecule has 0 saturated carbocycles. The minimum absolute atomic E-state index is 0.0953. The molecule has 0 aliphatic heterocycles. The zero-order chi connectivity index (χ0) is 28.1. The third-order valence-electron chi connectivity index (χ3n) is 5.90. The number of halogens is 3. The van der Waals surface area contributed by atoms with E-state index in [0.29, 0.717) is 16.0 Å². The quantitative estimate of drug-likeness (QED) is 0.276. The lowest BCUT2D eigenvalue weighted by Gasteiger charge is -2.30. The molecule has 0 radical (unpaired) electrons. The lowest BCUT2D eigenvalue weighted by Crippen LogP contribution is -2.45. The molecule has 0 bridgehead atoms. The molecule has 40 heavy (non-hydrogen) atoms. The SMILES string of the molecule is O=C(NCc1ccc(F)cc1)[C@@H](c1cccs1)N(C(=O)Cn1nnc(-c2ccc(F)cc2)n1)c1ccc(F)cc1. The van der Waals surface area contributed by atoms with Crippen LogP contribution in [0.25, 0.3) is 11.4 Å². The molecule has 3 aromatic carbocycles. The second-order valence-corrected chi connectivity index (χ2v) is 9.63. The van der Waals surface area contributed by atoms with Crippen molar-refractivity contribution in [3.63, 3.8) is 0 Å². The van der Waals surface area contributed by atoms with Crippen LogP contribution in [0.1, 0.15) is 16.5 Å². The molecule has 5 rings (SSSR count). The van der Waals surface area contributed by atoms with Crippen LogP contribution >= 0.6 is 11.3 Å². The van der Waals surface area contributed by atoms with Gasteiger partial charge in [0.1, 0.15) is 30.0 Å². The molecule has 1 atom stereocenters. The van der Waals surface area contributed by atoms with Gasteiger partial charge in [-0.05, 0) is 82.9 Å². The Labute approximate surface area is 230 Å². The number of amides is 2. The maximum Gasteiger partial charge on any atom is 0.251 e. The number of nitrogens with zero attached hydrogens (tertiary/aromatic N) is 5. The number of aromatic nitrogens is 4. The van der Waals surface area contributed by atoms with Crippen LogP contribution in [0.3, 0.4) is 0 Å². The number of nitrogens with one attached hydrogen (secondary N) is 1. The van der Waals surface area contributed by atoms with Gasteiger partial charge in [-0.15, -0.1) is 21.5 Å². The molecular formula is C28H21F3N6O2S. The van der Waals surface area contributed by atoms with Crippen molar-refractivity contribution in [3.8, 4) is 11.4 Å². The summed E-state index contributed by atoms with van der Waals surface area (Å²) < 4.78 is 40.4. The summed E-state index contributed by atoms with van der Waals surface area (Å²) in [4.78, 5) is 30.3. The monoisotopic (exact) mass is 562 g/mol. The van der Waals surface area contributed by atoms with Crippen molar-refractivity contribution in [1.29, 1.82) is 0 Å². The predicted octanol–water partition coefficient (Wildman–Crippen LogP) is 4.91. The normalized spacial score (nSPS) is 11.7. The highest BCUT2D eigenvalue weighted by atomic mass is 32.1. The summed E-state index contributed by atoms with van der Waals surface area (Å²) in [6, 6.07) is 18.7. The molecule has 1 N–H and O–H groups in total. The summed E-state index contributed by atoms with van der Waals surface area (Å²) in [5, 5.41) is 16.7. The van der Waals surface area contributed by atoms with E-state index < -0.39 is 41.9 Å². The van der Waals surface area contributed by atoms with Crippen LogP contribution in [0.2, 0.25) is 0 Å². The molecule has 0 aliphatic rings. The number of hydrogen-bond acceptors (Lipinski definition) is 6. The standard InChI is InChI=1S/C28H21F3N6O2S/c29-20-7-3-18(4-8-20)16-32-28(39)26(24-2-1-15-40-24)37(23-13-11-22(31)12-14-23)25(38)17-36-34-27(33-35-36)19-5-9-21(30)10-6-19/h1-15,26H,16-17H2,(H,32,39)/t26-/m1/s1. The minimum Gasteiger partial charge on any atom is -0.350 e. The minimum atomic E-state index is -1.11. The summed E-state index contributed by atoms with van der Waals surface area (Å²) >= 11 is 1.28. The highest BCUT2D eigenvalue weighted by molar-refractivity contribution is 7.10. The van der Waals surface area contributed by atoms with Crippen LogP contribution in [0, 0.1) is 17.5 Å². The molecule has 12 heteroatoms. The van der Waals surface area contributed by atoms with Gasteiger partial charge in [-0.25, -0.2) is 13.2 Å². The van der Waals surface area contributed by atoms with Crippen molar-refractivity contribution >= 4 is 28.8 Å². The van der Waals surface area contributed by atoms with Crippen LogP contribution in [0.5, 0.6) is 0 Å². The topological polar surface area (TPSA) is 93.0 Å². The van der Waals surface area contributed by atoms with E-state index in [4.69, 9.17) is 0 Å². The number of anilines is 1. The van der Waals surface area contributed by atoms with Crippen molar-refractivity contribution in [2.75, 3.05) is 4.90 Å². The van der Waals surface area contributed by atoms with Crippen molar-refractivity contribution in [2.45, 2.75) is 19.1 Å². The van der Waals surface area contributed by atoms with Crippen LogP contribution in [-0.2, 0) is 22.7 Å². The molecule has 202 valence electrons. The zero-order valence-electron chi connectivity index (χ0n) is 20.7. The highest BCUT2D eigenvalue weighted by Crippen LogP contribution is 2.31. The van der Waals surface area contributed by atoms with E-state index in [0.717, 1.165) is 4.80 Å². The first-order valence-electron chi connectivity index (χ1n) is 12.0. The van der Waals surface area contributed by atoms with Gasteiger partial charge in [0.2, 0.25) is 11.7 Å². The van der Waals surface area contributed by atoms with Crippen molar-refractivity contribution in [2.24, 2.45) is 0 Å². The van der Waals surface area contributed by atoms with Gasteiger partial charge in [0, 0.05) is 22.7 Å². The summed E-state index contributed by atoms with van der Waals surface area (Å²) in [5.74, 6) is -2.20. The third kappa shape index (κ3) is 6.24. The summed E-state index contributed by atoms with van der Waals surface area (Å²) in [6.45, 7) is -0.295. The Morgan fingerprint density at radius 1 is 0.875 bits per heavy atom.